The van der Waals surface area contributed by atoms with Crippen molar-refractivity contribution in [3.05, 3.63) is 0 Å². The number of hydrogen-bond acceptors (Lipinski definition) is 3. The molecule has 1 aliphatic carbocycles. The maximum absolute atomic E-state index is 6.80. The van der Waals surface area contributed by atoms with Crippen molar-refractivity contribution >= 4 is 8.37 Å². The normalized spacial score (nSPS) is 32.2. The van der Waals surface area contributed by atoms with Crippen LogP contribution in [0.1, 0.15) is 79.1 Å². The molecule has 0 aromatic rings. The quantitative estimate of drug-likeness (QED) is 0.734. The van der Waals surface area contributed by atoms with Crippen molar-refractivity contribution in [2.24, 2.45) is 5.50 Å². The third-order valence-electron chi connectivity index (χ3n) is 5.48. The molecule has 20 heavy (non-hydrogen) atoms. The van der Waals surface area contributed by atoms with Crippen LogP contribution in [-0.4, -0.2) is 33.5 Å². The van der Waals surface area contributed by atoms with Crippen LogP contribution >= 0.6 is 8.37 Å². The number of rotatable bonds is 6. The molecule has 1 saturated heterocycles. The Morgan fingerprint density at radius 3 is 1.50 bits per heavy atom. The van der Waals surface area contributed by atoms with Crippen molar-refractivity contribution < 1.29 is 0 Å². The minimum atomic E-state index is -0.578. The van der Waals surface area contributed by atoms with Crippen molar-refractivity contribution in [1.29, 1.82) is 0 Å². The van der Waals surface area contributed by atoms with Gasteiger partial charge in [-0.05, 0) is 38.5 Å². The van der Waals surface area contributed by atoms with E-state index in [1.165, 1.54) is 51.4 Å². The van der Waals surface area contributed by atoms with Crippen LogP contribution in [0.3, 0.4) is 0 Å². The first kappa shape index (κ1) is 16.7. The van der Waals surface area contributed by atoms with Gasteiger partial charge in [0.05, 0.1) is 0 Å². The maximum Gasteiger partial charge on any atom is 0.115 e. The van der Waals surface area contributed by atoms with Crippen molar-refractivity contribution in [3.8, 4) is 0 Å². The number of nitrogens with two attached hydrogens (primary N) is 1. The van der Waals surface area contributed by atoms with Gasteiger partial charge in [-0.3, -0.25) is 5.50 Å². The molecule has 3 nitrogen and oxygen atoms in total. The summed E-state index contributed by atoms with van der Waals surface area (Å²) in [7, 11) is -0.578. The summed E-state index contributed by atoms with van der Waals surface area (Å²) in [5.41, 5.74) is 6.80. The van der Waals surface area contributed by atoms with Gasteiger partial charge >= 0.3 is 0 Å². The molecule has 2 aliphatic rings. The summed E-state index contributed by atoms with van der Waals surface area (Å²) in [4.78, 5) is 0. The Labute approximate surface area is 127 Å². The molecule has 0 radical (unpaired) electrons. The van der Waals surface area contributed by atoms with Crippen LogP contribution in [0.25, 0.3) is 0 Å². The Morgan fingerprint density at radius 2 is 1.20 bits per heavy atom. The Hall–Kier alpha value is 0.310. The fraction of sp³-hybridized carbons (Fsp3) is 1.00. The van der Waals surface area contributed by atoms with Crippen molar-refractivity contribution in [2.45, 2.75) is 103 Å². The zero-order valence-corrected chi connectivity index (χ0v) is 14.8. The molecule has 118 valence electrons. The smallest absolute Gasteiger partial charge is 0.115 e. The van der Waals surface area contributed by atoms with Crippen LogP contribution in [0.15, 0.2) is 0 Å². The molecule has 1 aliphatic heterocycles. The number of fused-ring (bicyclic) bond motifs is 1. The van der Waals surface area contributed by atoms with Gasteiger partial charge in [0.25, 0.3) is 0 Å². The zero-order chi connectivity index (χ0) is 14.7. The molecular weight excluding hydrogens is 265 g/mol. The predicted octanol–water partition coefficient (Wildman–Crippen LogP) is 4.48. The molecule has 2 fully saturated rings. The van der Waals surface area contributed by atoms with Gasteiger partial charge in [0.15, 0.2) is 0 Å². The second kappa shape index (κ2) is 7.54. The van der Waals surface area contributed by atoms with E-state index in [-0.39, 0.29) is 0 Å². The molecule has 1 heterocycles. The Morgan fingerprint density at radius 1 is 0.850 bits per heavy atom. The van der Waals surface area contributed by atoms with Crippen LogP contribution in [0.2, 0.25) is 0 Å². The third-order valence-corrected chi connectivity index (χ3v) is 7.67. The van der Waals surface area contributed by atoms with E-state index in [9.17, 15) is 0 Å². The second-order valence-electron chi connectivity index (χ2n) is 6.44. The SMILES string of the molecule is CCC(CC)N1C2CCCCC2N(C(CC)CC)P1N. The van der Waals surface area contributed by atoms with Gasteiger partial charge in [0.2, 0.25) is 0 Å². The van der Waals surface area contributed by atoms with E-state index in [2.05, 4.69) is 37.0 Å². The maximum atomic E-state index is 6.80. The number of hydrogen-bond donors (Lipinski definition) is 1. The first-order valence-electron chi connectivity index (χ1n) is 8.80. The Bertz CT molecular complexity index is 263. The molecule has 2 rings (SSSR count). The third kappa shape index (κ3) is 2.92. The summed E-state index contributed by atoms with van der Waals surface area (Å²) in [5, 5.41) is 0. The summed E-state index contributed by atoms with van der Waals surface area (Å²) in [5.74, 6) is 0. The lowest BCUT2D eigenvalue weighted by atomic mass is 9.88. The molecular formula is C16H34N3P. The van der Waals surface area contributed by atoms with Gasteiger partial charge in [-0.25, -0.2) is 9.34 Å². The molecule has 4 heteroatoms. The van der Waals surface area contributed by atoms with Gasteiger partial charge in [-0.15, -0.1) is 0 Å². The van der Waals surface area contributed by atoms with E-state index in [0.717, 1.165) is 12.1 Å². The summed E-state index contributed by atoms with van der Waals surface area (Å²) in [6.07, 6.45) is 10.5. The lowest BCUT2D eigenvalue weighted by molar-refractivity contribution is 0.152. The second-order valence-corrected chi connectivity index (χ2v) is 8.00. The molecule has 0 spiro atoms. The van der Waals surface area contributed by atoms with E-state index in [1.54, 1.807) is 0 Å². The van der Waals surface area contributed by atoms with Crippen LogP contribution in [-0.2, 0) is 0 Å². The van der Waals surface area contributed by atoms with E-state index < -0.39 is 8.37 Å². The average molecular weight is 299 g/mol. The van der Waals surface area contributed by atoms with Crippen LogP contribution in [0.4, 0.5) is 0 Å². The van der Waals surface area contributed by atoms with Gasteiger partial charge in [-0.1, -0.05) is 40.5 Å². The summed E-state index contributed by atoms with van der Waals surface area (Å²) < 4.78 is 5.50. The Balaban J connectivity index is 2.25. The topological polar surface area (TPSA) is 32.5 Å². The first-order chi connectivity index (χ1) is 9.69. The molecule has 2 N–H and O–H groups in total. The standard InChI is InChI=1S/C16H34N3P/c1-5-13(6-2)18-15-11-9-10-12-16(15)19(20(18)17)14(7-3)8-4/h13-16H,5-12,17H2,1-4H3. The fourth-order valence-electron chi connectivity index (χ4n) is 4.33. The van der Waals surface area contributed by atoms with Crippen LogP contribution in [0.5, 0.6) is 0 Å². The highest BCUT2D eigenvalue weighted by atomic mass is 31.1. The highest BCUT2D eigenvalue weighted by Gasteiger charge is 2.50. The molecule has 2 atom stereocenters. The van der Waals surface area contributed by atoms with E-state index in [1.807, 2.05) is 0 Å². The molecule has 1 saturated carbocycles. The molecule has 2 unspecified atom stereocenters. The van der Waals surface area contributed by atoms with Crippen molar-refractivity contribution in [2.75, 3.05) is 0 Å². The molecule has 0 amide bonds. The monoisotopic (exact) mass is 299 g/mol. The van der Waals surface area contributed by atoms with Crippen molar-refractivity contribution in [3.63, 3.8) is 0 Å². The largest absolute Gasteiger partial charge is 0.285 e. The zero-order valence-electron chi connectivity index (χ0n) is 13.9. The highest BCUT2D eigenvalue weighted by molar-refractivity contribution is 7.50. The first-order valence-corrected chi connectivity index (χ1v) is 10.1. The van der Waals surface area contributed by atoms with Crippen LogP contribution < -0.4 is 5.50 Å². The summed E-state index contributed by atoms with van der Waals surface area (Å²) in [6.45, 7) is 9.31. The minimum absolute atomic E-state index is 0.578. The molecule has 0 aromatic heterocycles. The average Bonchev–Trinajstić information content (AvgIpc) is 2.76. The van der Waals surface area contributed by atoms with Gasteiger partial charge in [0, 0.05) is 24.2 Å². The minimum Gasteiger partial charge on any atom is -0.285 e. The van der Waals surface area contributed by atoms with Crippen molar-refractivity contribution in [1.82, 2.24) is 9.34 Å². The van der Waals surface area contributed by atoms with Gasteiger partial charge in [-0.2, -0.15) is 0 Å². The lowest BCUT2D eigenvalue weighted by Gasteiger charge is -2.36. The van der Waals surface area contributed by atoms with E-state index >= 15 is 0 Å². The predicted molar refractivity (Wildman–Crippen MR) is 89.6 cm³/mol. The fourth-order valence-corrected chi connectivity index (χ4v) is 7.04. The highest BCUT2D eigenvalue weighted by Crippen LogP contribution is 2.56. The Kier molecular flexibility index (Phi) is 6.28. The van der Waals surface area contributed by atoms with E-state index in [0.29, 0.717) is 12.1 Å². The summed E-state index contributed by atoms with van der Waals surface area (Å²) >= 11 is 0. The summed E-state index contributed by atoms with van der Waals surface area (Å²) in [6, 6.07) is 2.86. The molecule has 0 bridgehead atoms. The van der Waals surface area contributed by atoms with E-state index in [4.69, 9.17) is 5.50 Å². The number of nitrogens with zero attached hydrogens (tertiary/aromatic N) is 2. The lowest BCUT2D eigenvalue weighted by Crippen LogP contribution is -2.44. The van der Waals surface area contributed by atoms with Crippen LogP contribution in [0, 0.1) is 0 Å². The van der Waals surface area contributed by atoms with Gasteiger partial charge in [0.1, 0.15) is 8.37 Å². The van der Waals surface area contributed by atoms with Gasteiger partial charge < -0.3 is 0 Å². The molecule has 0 aromatic carbocycles.